The molecule has 0 bridgehead atoms. The van der Waals surface area contributed by atoms with E-state index in [1.165, 1.54) is 0 Å². The lowest BCUT2D eigenvalue weighted by Crippen LogP contribution is -2.23. The van der Waals surface area contributed by atoms with Crippen LogP contribution in [0.1, 0.15) is 18.1 Å². The largest absolute Gasteiger partial charge is 0.507 e. The summed E-state index contributed by atoms with van der Waals surface area (Å²) < 4.78 is 2.61. The van der Waals surface area contributed by atoms with Gasteiger partial charge in [0, 0.05) is 19.0 Å². The minimum Gasteiger partial charge on any atom is -0.507 e. The highest BCUT2D eigenvalue weighted by molar-refractivity contribution is 9.11. The Hall–Kier alpha value is -1.14. The lowest BCUT2D eigenvalue weighted by molar-refractivity contribution is 0.103. The van der Waals surface area contributed by atoms with E-state index >= 15 is 0 Å². The second-order valence-electron chi connectivity index (χ2n) is 5.93. The molecule has 0 saturated carbocycles. The van der Waals surface area contributed by atoms with Crippen LogP contribution in [-0.2, 0) is 5.60 Å². The Bertz CT molecular complexity index is 919. The normalized spacial score (nSPS) is 13.5. The number of aliphatic hydroxyl groups is 1. The predicted octanol–water partition coefficient (Wildman–Crippen LogP) is 6.60. The molecule has 25 heavy (non-hydrogen) atoms. The van der Waals surface area contributed by atoms with Gasteiger partial charge in [-0.1, -0.05) is 66.0 Å². The summed E-state index contributed by atoms with van der Waals surface area (Å²) in [6, 6.07) is 18.6. The van der Waals surface area contributed by atoms with Crippen molar-refractivity contribution in [3.05, 3.63) is 85.2 Å². The molecule has 5 heteroatoms. The summed E-state index contributed by atoms with van der Waals surface area (Å²) in [5, 5.41) is 21.7. The Labute approximate surface area is 171 Å². The maximum Gasteiger partial charge on any atom is 0.124 e. The van der Waals surface area contributed by atoms with Crippen molar-refractivity contribution < 1.29 is 10.2 Å². The number of phenolic OH excluding ortho intramolecular Hbond substituents is 1. The zero-order valence-corrected chi connectivity index (χ0v) is 18.1. The highest BCUT2D eigenvalue weighted by Crippen LogP contribution is 2.41. The molecule has 128 valence electrons. The Kier molecular flexibility index (Phi) is 5.40. The second kappa shape index (κ2) is 7.23. The van der Waals surface area contributed by atoms with E-state index in [0.29, 0.717) is 11.1 Å². The molecule has 0 aliphatic carbocycles. The first-order valence-corrected chi connectivity index (χ1v) is 9.94. The molecular formula is C20H15Br3O2. The fourth-order valence-corrected chi connectivity index (χ4v) is 3.79. The van der Waals surface area contributed by atoms with Crippen molar-refractivity contribution in [2.24, 2.45) is 0 Å². The average Bonchev–Trinajstić information content (AvgIpc) is 2.56. The van der Waals surface area contributed by atoms with Crippen LogP contribution < -0.4 is 0 Å². The summed E-state index contributed by atoms with van der Waals surface area (Å²) >= 11 is 10.3. The Balaban J connectivity index is 2.21. The van der Waals surface area contributed by atoms with Gasteiger partial charge in [0.05, 0.1) is 0 Å². The zero-order valence-electron chi connectivity index (χ0n) is 13.3. The minimum atomic E-state index is -1.22. The van der Waals surface area contributed by atoms with E-state index in [0.717, 1.165) is 24.5 Å². The van der Waals surface area contributed by atoms with Crippen LogP contribution in [0.4, 0.5) is 0 Å². The number of rotatable bonds is 3. The van der Waals surface area contributed by atoms with Crippen LogP contribution in [0.25, 0.3) is 11.1 Å². The third-order valence-corrected chi connectivity index (χ3v) is 5.68. The van der Waals surface area contributed by atoms with Crippen molar-refractivity contribution in [2.75, 3.05) is 0 Å². The molecule has 0 spiro atoms. The van der Waals surface area contributed by atoms with Gasteiger partial charge in [-0.25, -0.2) is 0 Å². The molecule has 0 radical (unpaired) electrons. The molecule has 0 saturated heterocycles. The molecule has 0 fully saturated rings. The van der Waals surface area contributed by atoms with E-state index in [9.17, 15) is 10.2 Å². The van der Waals surface area contributed by atoms with Gasteiger partial charge in [0.1, 0.15) is 11.4 Å². The van der Waals surface area contributed by atoms with Gasteiger partial charge in [0.15, 0.2) is 0 Å². The van der Waals surface area contributed by atoms with Gasteiger partial charge in [-0.15, -0.1) is 0 Å². The quantitative estimate of drug-likeness (QED) is 0.403. The van der Waals surface area contributed by atoms with E-state index < -0.39 is 5.60 Å². The summed E-state index contributed by atoms with van der Waals surface area (Å²) in [7, 11) is 0. The summed E-state index contributed by atoms with van der Waals surface area (Å²) in [6.45, 7) is 1.76. The second-order valence-corrected chi connectivity index (χ2v) is 8.68. The molecule has 0 aliphatic heterocycles. The zero-order chi connectivity index (χ0) is 18.2. The molecular weight excluding hydrogens is 512 g/mol. The van der Waals surface area contributed by atoms with Crippen LogP contribution in [-0.4, -0.2) is 10.2 Å². The Morgan fingerprint density at radius 3 is 1.84 bits per heavy atom. The van der Waals surface area contributed by atoms with Crippen molar-refractivity contribution in [3.63, 3.8) is 0 Å². The lowest BCUT2D eigenvalue weighted by Gasteiger charge is -2.28. The topological polar surface area (TPSA) is 40.5 Å². The van der Waals surface area contributed by atoms with Crippen molar-refractivity contribution in [3.8, 4) is 16.9 Å². The highest BCUT2D eigenvalue weighted by Gasteiger charge is 2.29. The van der Waals surface area contributed by atoms with Crippen molar-refractivity contribution in [1.29, 1.82) is 0 Å². The molecule has 3 aromatic rings. The maximum atomic E-state index is 11.3. The summed E-state index contributed by atoms with van der Waals surface area (Å²) in [4.78, 5) is 0. The van der Waals surface area contributed by atoms with Gasteiger partial charge in [-0.3, -0.25) is 0 Å². The molecule has 2 nitrogen and oxygen atoms in total. The standard InChI is InChI=1S/C20H15Br3O2/c1-20(25,12-2-4-13(21)5-3-12)18-10-14(22)6-8-16(18)17-9-7-15(23)11-19(17)24/h2-11,24-25H,1H3. The predicted molar refractivity (Wildman–Crippen MR) is 112 cm³/mol. The van der Waals surface area contributed by atoms with Crippen molar-refractivity contribution in [2.45, 2.75) is 12.5 Å². The number of hydrogen-bond acceptors (Lipinski definition) is 2. The number of aromatic hydroxyl groups is 1. The van der Waals surface area contributed by atoms with Crippen LogP contribution in [0.3, 0.4) is 0 Å². The smallest absolute Gasteiger partial charge is 0.124 e. The van der Waals surface area contributed by atoms with E-state index in [1.807, 2.05) is 54.6 Å². The summed E-state index contributed by atoms with van der Waals surface area (Å²) in [5.74, 6) is 0.157. The molecule has 3 rings (SSSR count). The fourth-order valence-electron chi connectivity index (χ4n) is 2.82. The fraction of sp³-hybridized carbons (Fsp3) is 0.100. The van der Waals surface area contributed by atoms with Gasteiger partial charge in [0.25, 0.3) is 0 Å². The van der Waals surface area contributed by atoms with Crippen molar-refractivity contribution in [1.82, 2.24) is 0 Å². The van der Waals surface area contributed by atoms with Gasteiger partial charge >= 0.3 is 0 Å². The number of benzene rings is 3. The molecule has 3 aromatic carbocycles. The van der Waals surface area contributed by atoms with Crippen LogP contribution >= 0.6 is 47.8 Å². The number of halogens is 3. The van der Waals surface area contributed by atoms with Crippen LogP contribution in [0.5, 0.6) is 5.75 Å². The van der Waals surface area contributed by atoms with E-state index in [-0.39, 0.29) is 5.75 Å². The molecule has 0 amide bonds. The van der Waals surface area contributed by atoms with E-state index in [4.69, 9.17) is 0 Å². The molecule has 1 unspecified atom stereocenters. The third kappa shape index (κ3) is 3.85. The van der Waals surface area contributed by atoms with Crippen LogP contribution in [0, 0.1) is 0 Å². The lowest BCUT2D eigenvalue weighted by atomic mass is 9.83. The molecule has 1 atom stereocenters. The van der Waals surface area contributed by atoms with Gasteiger partial charge in [0.2, 0.25) is 0 Å². The van der Waals surface area contributed by atoms with Gasteiger partial charge < -0.3 is 10.2 Å². The van der Waals surface area contributed by atoms with Crippen LogP contribution in [0.15, 0.2) is 74.1 Å². The van der Waals surface area contributed by atoms with E-state index in [1.54, 1.807) is 13.0 Å². The minimum absolute atomic E-state index is 0.157. The SMILES string of the molecule is CC(O)(c1ccc(Br)cc1)c1cc(Br)ccc1-c1ccc(Br)cc1O. The first-order valence-electron chi connectivity index (χ1n) is 7.56. The Morgan fingerprint density at radius 1 is 0.720 bits per heavy atom. The molecule has 2 N–H and O–H groups in total. The molecule has 0 heterocycles. The highest BCUT2D eigenvalue weighted by atomic mass is 79.9. The Morgan fingerprint density at radius 2 is 1.24 bits per heavy atom. The number of phenols is 1. The summed E-state index contributed by atoms with van der Waals surface area (Å²) in [6.07, 6.45) is 0. The average molecular weight is 527 g/mol. The van der Waals surface area contributed by atoms with Crippen molar-refractivity contribution >= 4 is 47.8 Å². The number of hydrogen-bond donors (Lipinski definition) is 2. The monoisotopic (exact) mass is 524 g/mol. The van der Waals surface area contributed by atoms with Crippen LogP contribution in [0.2, 0.25) is 0 Å². The third-order valence-electron chi connectivity index (χ3n) is 4.16. The first-order chi connectivity index (χ1) is 11.8. The van der Waals surface area contributed by atoms with Gasteiger partial charge in [-0.05, 0) is 66.1 Å². The van der Waals surface area contributed by atoms with Gasteiger partial charge in [-0.2, -0.15) is 0 Å². The molecule has 0 aliphatic rings. The summed E-state index contributed by atoms with van der Waals surface area (Å²) in [5.41, 5.74) is 1.71. The van der Waals surface area contributed by atoms with E-state index in [2.05, 4.69) is 47.8 Å². The molecule has 0 aromatic heterocycles. The maximum absolute atomic E-state index is 11.3. The first kappa shape index (κ1) is 18.6.